The number of fused-ring (bicyclic) bond motifs is 2. The van der Waals surface area contributed by atoms with Crippen LogP contribution in [0, 0.1) is 0 Å². The maximum absolute atomic E-state index is 12.7. The van der Waals surface area contributed by atoms with E-state index in [2.05, 4.69) is 54.2 Å². The largest absolute Gasteiger partial charge is 0.354 e. The standard InChI is InChI=1S/C28H36ClN11OS/c1-3-19-23(29)22-24(32-19)34-28(35-26(22)40-10-7-17(30)16-40)42-18-5-6-20-21(15-18)36-37-25(33-20)27(41)31-8-4-9-39-13-11-38(2)12-14-39/h5-6,15,17H,3-4,7-14,16,30H2,1-2H3,(H,31,41)(H,32,34,35)/t17-/m0/s1. The Morgan fingerprint density at radius 3 is 2.74 bits per heavy atom. The average molecular weight is 610 g/mol. The topological polar surface area (TPSA) is 145 Å². The number of piperazine rings is 1. The van der Waals surface area contributed by atoms with Crippen molar-refractivity contribution in [3.63, 3.8) is 0 Å². The van der Waals surface area contributed by atoms with E-state index >= 15 is 0 Å². The highest BCUT2D eigenvalue weighted by Gasteiger charge is 2.26. The molecule has 4 N–H and O–H groups in total. The van der Waals surface area contributed by atoms with Crippen LogP contribution in [0.4, 0.5) is 5.82 Å². The van der Waals surface area contributed by atoms with Gasteiger partial charge in [-0.15, -0.1) is 10.2 Å². The second-order valence-electron chi connectivity index (χ2n) is 11.0. The third-order valence-corrected chi connectivity index (χ3v) is 9.14. The number of amides is 1. The van der Waals surface area contributed by atoms with E-state index in [4.69, 9.17) is 27.3 Å². The quantitative estimate of drug-likeness (QED) is 0.190. The van der Waals surface area contributed by atoms with Crippen LogP contribution in [0.1, 0.15) is 36.1 Å². The van der Waals surface area contributed by atoms with Crippen molar-refractivity contribution in [1.82, 2.24) is 45.2 Å². The molecule has 4 aromatic rings. The molecule has 0 radical (unpaired) electrons. The third kappa shape index (κ3) is 6.30. The SMILES string of the molecule is CCc1[nH]c2nc(Sc3ccc4nc(C(=O)NCCCN5CCN(C)CC5)nnc4c3)nc(N3CC[C@H](N)C3)c2c1Cl. The molecule has 42 heavy (non-hydrogen) atoms. The molecule has 1 amide bonds. The number of carbonyl (C=O) groups is 1. The summed E-state index contributed by atoms with van der Waals surface area (Å²) in [5.41, 5.74) is 9.05. The molecular weight excluding hydrogens is 574 g/mol. The minimum Gasteiger partial charge on any atom is -0.354 e. The monoisotopic (exact) mass is 609 g/mol. The lowest BCUT2D eigenvalue weighted by Crippen LogP contribution is -2.45. The molecule has 0 aliphatic carbocycles. The summed E-state index contributed by atoms with van der Waals surface area (Å²) < 4.78 is 0. The number of carbonyl (C=O) groups excluding carboxylic acids is 1. The molecule has 2 saturated heterocycles. The summed E-state index contributed by atoms with van der Waals surface area (Å²) in [6.07, 6.45) is 2.55. The Balaban J connectivity index is 1.14. The van der Waals surface area contributed by atoms with Gasteiger partial charge in [0.2, 0.25) is 5.82 Å². The van der Waals surface area contributed by atoms with Gasteiger partial charge in [0.1, 0.15) is 17.0 Å². The van der Waals surface area contributed by atoms with Crippen LogP contribution in [-0.2, 0) is 6.42 Å². The maximum Gasteiger partial charge on any atom is 0.291 e. The van der Waals surface area contributed by atoms with E-state index < -0.39 is 0 Å². The van der Waals surface area contributed by atoms with E-state index in [1.54, 1.807) is 0 Å². The molecular formula is C28H36ClN11OS. The Hall–Kier alpha value is -3.10. The summed E-state index contributed by atoms with van der Waals surface area (Å²) >= 11 is 8.16. The average Bonchev–Trinajstić information content (AvgIpc) is 3.57. The first kappa shape index (κ1) is 29.0. The first-order chi connectivity index (χ1) is 20.4. The number of benzene rings is 1. The van der Waals surface area contributed by atoms with Gasteiger partial charge in [0.05, 0.1) is 15.9 Å². The number of rotatable bonds is 9. The molecule has 3 aromatic heterocycles. The van der Waals surface area contributed by atoms with E-state index in [1.807, 2.05) is 18.2 Å². The first-order valence-corrected chi connectivity index (χ1v) is 15.7. The number of hydrogen-bond acceptors (Lipinski definition) is 11. The van der Waals surface area contributed by atoms with Crippen LogP contribution in [0.15, 0.2) is 28.3 Å². The molecule has 2 aliphatic rings. The fourth-order valence-corrected chi connectivity index (χ4v) is 6.55. The number of nitrogens with zero attached hydrogens (tertiary/aromatic N) is 8. The molecule has 2 fully saturated rings. The Morgan fingerprint density at radius 1 is 1.14 bits per heavy atom. The number of hydrogen-bond donors (Lipinski definition) is 3. The van der Waals surface area contributed by atoms with Crippen LogP contribution in [0.2, 0.25) is 5.02 Å². The fraction of sp³-hybridized carbons (Fsp3) is 0.500. The number of nitrogens with one attached hydrogen (secondary N) is 2. The van der Waals surface area contributed by atoms with Crippen LogP contribution in [0.3, 0.4) is 0 Å². The molecule has 1 aromatic carbocycles. The van der Waals surface area contributed by atoms with Gasteiger partial charge in [0, 0.05) is 62.4 Å². The number of anilines is 1. The zero-order valence-electron chi connectivity index (χ0n) is 23.9. The summed E-state index contributed by atoms with van der Waals surface area (Å²) in [5, 5.41) is 13.4. The van der Waals surface area contributed by atoms with Gasteiger partial charge in [-0.3, -0.25) is 4.79 Å². The highest BCUT2D eigenvalue weighted by atomic mass is 35.5. The van der Waals surface area contributed by atoms with Crippen LogP contribution in [-0.4, -0.2) is 111 Å². The number of H-pyrrole nitrogens is 1. The molecule has 0 bridgehead atoms. The lowest BCUT2D eigenvalue weighted by Gasteiger charge is -2.32. The van der Waals surface area contributed by atoms with Crippen molar-refractivity contribution in [2.45, 2.75) is 42.3 Å². The first-order valence-electron chi connectivity index (χ1n) is 14.5. The Kier molecular flexibility index (Phi) is 8.72. The molecule has 12 nitrogen and oxygen atoms in total. The van der Waals surface area contributed by atoms with Gasteiger partial charge in [-0.2, -0.15) is 0 Å². The summed E-state index contributed by atoms with van der Waals surface area (Å²) in [7, 11) is 2.15. The molecule has 2 aliphatic heterocycles. The van der Waals surface area contributed by atoms with E-state index in [0.29, 0.717) is 33.4 Å². The van der Waals surface area contributed by atoms with Crippen molar-refractivity contribution < 1.29 is 4.79 Å². The van der Waals surface area contributed by atoms with E-state index in [1.165, 1.54) is 11.8 Å². The molecule has 0 unspecified atom stereocenters. The Bertz CT molecular complexity index is 1590. The van der Waals surface area contributed by atoms with Crippen molar-refractivity contribution in [2.75, 3.05) is 64.3 Å². The van der Waals surface area contributed by atoms with Crippen LogP contribution >= 0.6 is 23.4 Å². The van der Waals surface area contributed by atoms with Crippen LogP contribution < -0.4 is 16.0 Å². The highest BCUT2D eigenvalue weighted by Crippen LogP contribution is 2.37. The third-order valence-electron chi connectivity index (χ3n) is 7.87. The van der Waals surface area contributed by atoms with E-state index in [0.717, 1.165) is 86.9 Å². The molecule has 0 spiro atoms. The lowest BCUT2D eigenvalue weighted by atomic mass is 10.3. The van der Waals surface area contributed by atoms with Gasteiger partial charge < -0.3 is 30.7 Å². The van der Waals surface area contributed by atoms with Crippen molar-refractivity contribution >= 4 is 57.2 Å². The minimum atomic E-state index is -0.312. The highest BCUT2D eigenvalue weighted by molar-refractivity contribution is 7.99. The number of aromatic amines is 1. The van der Waals surface area contributed by atoms with E-state index in [-0.39, 0.29) is 17.8 Å². The number of aryl methyl sites for hydroxylation is 1. The minimum absolute atomic E-state index is 0.0695. The molecule has 0 saturated carbocycles. The number of aromatic nitrogens is 6. The van der Waals surface area contributed by atoms with Gasteiger partial charge in [-0.1, -0.05) is 18.5 Å². The Morgan fingerprint density at radius 2 is 1.98 bits per heavy atom. The molecule has 222 valence electrons. The van der Waals surface area contributed by atoms with Gasteiger partial charge in [0.15, 0.2) is 5.16 Å². The number of halogens is 1. The normalized spacial score (nSPS) is 18.4. The van der Waals surface area contributed by atoms with Gasteiger partial charge in [-0.25, -0.2) is 15.0 Å². The molecule has 6 rings (SSSR count). The van der Waals surface area contributed by atoms with E-state index in [9.17, 15) is 4.79 Å². The lowest BCUT2D eigenvalue weighted by molar-refractivity contribution is 0.0938. The van der Waals surface area contributed by atoms with Gasteiger partial charge in [-0.05, 0) is 62.8 Å². The summed E-state index contributed by atoms with van der Waals surface area (Å²) in [6, 6.07) is 5.76. The zero-order chi connectivity index (χ0) is 29.2. The number of nitrogens with two attached hydrogens (primary N) is 1. The smallest absolute Gasteiger partial charge is 0.291 e. The zero-order valence-corrected chi connectivity index (χ0v) is 25.5. The molecule has 1 atom stereocenters. The fourth-order valence-electron chi connectivity index (χ4n) is 5.40. The second-order valence-corrected chi connectivity index (χ2v) is 12.4. The predicted octanol–water partition coefficient (Wildman–Crippen LogP) is 2.57. The van der Waals surface area contributed by atoms with Gasteiger partial charge in [0.25, 0.3) is 5.91 Å². The maximum atomic E-state index is 12.7. The summed E-state index contributed by atoms with van der Waals surface area (Å²) in [6.45, 7) is 9.44. The summed E-state index contributed by atoms with van der Waals surface area (Å²) in [4.78, 5) is 38.0. The second kappa shape index (κ2) is 12.6. The molecule has 5 heterocycles. The van der Waals surface area contributed by atoms with Crippen LogP contribution in [0.5, 0.6) is 0 Å². The van der Waals surface area contributed by atoms with Gasteiger partial charge >= 0.3 is 0 Å². The van der Waals surface area contributed by atoms with Crippen LogP contribution in [0.25, 0.3) is 22.1 Å². The predicted molar refractivity (Wildman–Crippen MR) is 165 cm³/mol. The number of likely N-dealkylation sites (N-methyl/N-ethyl adjacent to an activating group) is 1. The Labute approximate surface area is 253 Å². The van der Waals surface area contributed by atoms with Crippen molar-refractivity contribution in [3.8, 4) is 0 Å². The van der Waals surface area contributed by atoms with Crippen molar-refractivity contribution in [3.05, 3.63) is 34.7 Å². The van der Waals surface area contributed by atoms with Crippen molar-refractivity contribution in [1.29, 1.82) is 0 Å². The summed E-state index contributed by atoms with van der Waals surface area (Å²) in [5.74, 6) is 0.561. The van der Waals surface area contributed by atoms with Crippen molar-refractivity contribution in [2.24, 2.45) is 5.73 Å². The molecule has 14 heteroatoms.